The third-order valence-corrected chi connectivity index (χ3v) is 3.34. The molecule has 0 fully saturated rings. The van der Waals surface area contributed by atoms with Gasteiger partial charge in [0.25, 0.3) is 5.91 Å². The smallest absolute Gasteiger partial charge is 0.416 e. The summed E-state index contributed by atoms with van der Waals surface area (Å²) in [6.45, 7) is 1.29. The summed E-state index contributed by atoms with van der Waals surface area (Å²) >= 11 is 0. The molecule has 0 radical (unpaired) electrons. The molecule has 0 bridgehead atoms. The maximum absolute atomic E-state index is 12.7. The van der Waals surface area contributed by atoms with Crippen molar-refractivity contribution >= 4 is 17.6 Å². The summed E-state index contributed by atoms with van der Waals surface area (Å²) in [5, 5.41) is 11.3. The Labute approximate surface area is 147 Å². The zero-order chi connectivity index (χ0) is 19.3. The van der Waals surface area contributed by atoms with E-state index in [0.29, 0.717) is 17.3 Å². The second-order valence-electron chi connectivity index (χ2n) is 5.31. The van der Waals surface area contributed by atoms with E-state index in [-0.39, 0.29) is 5.56 Å². The van der Waals surface area contributed by atoms with E-state index in [9.17, 15) is 22.8 Å². The second kappa shape index (κ2) is 7.70. The van der Waals surface area contributed by atoms with Crippen LogP contribution in [-0.4, -0.2) is 18.0 Å². The van der Waals surface area contributed by atoms with Gasteiger partial charge in [-0.2, -0.15) is 18.4 Å². The van der Waals surface area contributed by atoms with Crippen molar-refractivity contribution in [3.8, 4) is 6.07 Å². The predicted molar refractivity (Wildman–Crippen MR) is 86.1 cm³/mol. The van der Waals surface area contributed by atoms with Crippen LogP contribution in [-0.2, 0) is 15.7 Å². The van der Waals surface area contributed by atoms with Crippen LogP contribution in [0.3, 0.4) is 0 Å². The number of benzene rings is 2. The van der Waals surface area contributed by atoms with Crippen LogP contribution in [0.2, 0.25) is 0 Å². The van der Waals surface area contributed by atoms with Crippen LogP contribution >= 0.6 is 0 Å². The molecule has 0 aliphatic carbocycles. The van der Waals surface area contributed by atoms with Crippen LogP contribution in [0.15, 0.2) is 48.5 Å². The number of halogens is 3. The number of nitrogens with one attached hydrogen (secondary N) is 1. The number of nitrogens with zero attached hydrogens (tertiary/aromatic N) is 1. The molecule has 2 aromatic carbocycles. The first-order valence-corrected chi connectivity index (χ1v) is 7.40. The monoisotopic (exact) mass is 362 g/mol. The minimum absolute atomic E-state index is 0.314. The summed E-state index contributed by atoms with van der Waals surface area (Å²) in [5.74, 6) is -1.73. The lowest BCUT2D eigenvalue weighted by molar-refractivity contribution is -0.137. The quantitative estimate of drug-likeness (QED) is 0.840. The Morgan fingerprint density at radius 2 is 1.85 bits per heavy atom. The van der Waals surface area contributed by atoms with Gasteiger partial charge in [0.2, 0.25) is 0 Å². The van der Waals surface area contributed by atoms with Crippen LogP contribution < -0.4 is 5.32 Å². The van der Waals surface area contributed by atoms with Crippen molar-refractivity contribution < 1.29 is 27.5 Å². The van der Waals surface area contributed by atoms with Gasteiger partial charge in [0.15, 0.2) is 6.10 Å². The van der Waals surface area contributed by atoms with Crippen molar-refractivity contribution in [2.75, 3.05) is 5.32 Å². The third kappa shape index (κ3) is 4.83. The minimum Gasteiger partial charge on any atom is -0.449 e. The lowest BCUT2D eigenvalue weighted by Gasteiger charge is -2.14. The normalized spacial score (nSPS) is 12.0. The number of rotatable bonds is 4. The highest BCUT2D eigenvalue weighted by molar-refractivity contribution is 5.97. The van der Waals surface area contributed by atoms with Crippen molar-refractivity contribution in [2.45, 2.75) is 19.2 Å². The maximum atomic E-state index is 12.7. The second-order valence-corrected chi connectivity index (χ2v) is 5.31. The van der Waals surface area contributed by atoms with Gasteiger partial charge in [0.1, 0.15) is 0 Å². The Hall–Kier alpha value is -3.34. The predicted octanol–water partition coefficient (Wildman–Crippen LogP) is 3.76. The lowest BCUT2D eigenvalue weighted by Crippen LogP contribution is -2.30. The molecule has 134 valence electrons. The van der Waals surface area contributed by atoms with Crippen LogP contribution in [0, 0.1) is 11.3 Å². The molecule has 5 nitrogen and oxygen atoms in total. The molecule has 1 amide bonds. The average Bonchev–Trinajstić information content (AvgIpc) is 2.61. The number of hydrogen-bond acceptors (Lipinski definition) is 4. The van der Waals surface area contributed by atoms with Gasteiger partial charge in [0, 0.05) is 5.69 Å². The number of anilines is 1. The van der Waals surface area contributed by atoms with Gasteiger partial charge in [0.05, 0.1) is 22.8 Å². The van der Waals surface area contributed by atoms with Gasteiger partial charge < -0.3 is 10.1 Å². The summed E-state index contributed by atoms with van der Waals surface area (Å²) < 4.78 is 43.0. The highest BCUT2D eigenvalue weighted by Crippen LogP contribution is 2.29. The Morgan fingerprint density at radius 1 is 1.15 bits per heavy atom. The number of alkyl halides is 3. The van der Waals surface area contributed by atoms with E-state index >= 15 is 0 Å². The first-order valence-electron chi connectivity index (χ1n) is 7.40. The summed E-state index contributed by atoms with van der Waals surface area (Å²) in [7, 11) is 0. The third-order valence-electron chi connectivity index (χ3n) is 3.34. The highest BCUT2D eigenvalue weighted by atomic mass is 19.4. The zero-order valence-corrected chi connectivity index (χ0v) is 13.5. The molecule has 1 atom stereocenters. The maximum Gasteiger partial charge on any atom is 0.416 e. The molecule has 0 aliphatic heterocycles. The number of hydrogen-bond donors (Lipinski definition) is 1. The molecule has 0 heterocycles. The number of amides is 1. The number of esters is 1. The molecule has 0 saturated heterocycles. The van der Waals surface area contributed by atoms with Crippen LogP contribution in [0.1, 0.15) is 28.4 Å². The highest BCUT2D eigenvalue weighted by Gasteiger charge is 2.31. The fourth-order valence-corrected chi connectivity index (χ4v) is 2.01. The lowest BCUT2D eigenvalue weighted by atomic mass is 10.1. The van der Waals surface area contributed by atoms with Crippen molar-refractivity contribution in [3.05, 3.63) is 65.2 Å². The average molecular weight is 362 g/mol. The standard InChI is InChI=1S/C18H13F3N2O3/c1-11(16(24)23-15-7-2-4-12(8-15)10-22)26-17(25)13-5-3-6-14(9-13)18(19,20)21/h2-9,11H,1H3,(H,23,24)/t11-/m0/s1. The van der Waals surface area contributed by atoms with Gasteiger partial charge in [-0.15, -0.1) is 0 Å². The van der Waals surface area contributed by atoms with E-state index in [2.05, 4.69) is 5.32 Å². The van der Waals surface area contributed by atoms with E-state index in [1.165, 1.54) is 19.1 Å². The molecule has 8 heteroatoms. The number of carbonyl (C=O) groups excluding carboxylic acids is 2. The molecule has 2 aromatic rings. The number of carbonyl (C=O) groups is 2. The summed E-state index contributed by atoms with van der Waals surface area (Å²) in [4.78, 5) is 24.0. The minimum atomic E-state index is -4.59. The molecule has 0 spiro atoms. The van der Waals surface area contributed by atoms with Gasteiger partial charge in [-0.25, -0.2) is 4.79 Å². The molecule has 0 aliphatic rings. The zero-order valence-electron chi connectivity index (χ0n) is 13.5. The fraction of sp³-hybridized carbons (Fsp3) is 0.167. The Kier molecular flexibility index (Phi) is 5.62. The number of ether oxygens (including phenoxy) is 1. The van der Waals surface area contributed by atoms with Gasteiger partial charge in [-0.05, 0) is 43.3 Å². The molecule has 2 rings (SSSR count). The fourth-order valence-electron chi connectivity index (χ4n) is 2.01. The van der Waals surface area contributed by atoms with Crippen molar-refractivity contribution in [2.24, 2.45) is 0 Å². The van der Waals surface area contributed by atoms with E-state index in [1.807, 2.05) is 6.07 Å². The van der Waals surface area contributed by atoms with E-state index in [1.54, 1.807) is 18.2 Å². The topological polar surface area (TPSA) is 79.2 Å². The first-order chi connectivity index (χ1) is 12.2. The largest absolute Gasteiger partial charge is 0.449 e. The molecule has 1 N–H and O–H groups in total. The van der Waals surface area contributed by atoms with Crippen molar-refractivity contribution in [1.82, 2.24) is 0 Å². The number of nitriles is 1. The van der Waals surface area contributed by atoms with Crippen LogP contribution in [0.5, 0.6) is 0 Å². The van der Waals surface area contributed by atoms with Gasteiger partial charge in [-0.3, -0.25) is 4.79 Å². The van der Waals surface area contributed by atoms with Crippen molar-refractivity contribution in [3.63, 3.8) is 0 Å². The molecule has 26 heavy (non-hydrogen) atoms. The van der Waals surface area contributed by atoms with Crippen LogP contribution in [0.25, 0.3) is 0 Å². The van der Waals surface area contributed by atoms with Gasteiger partial charge in [-0.1, -0.05) is 12.1 Å². The molecule has 0 saturated carbocycles. The molecular formula is C18H13F3N2O3. The molecule has 0 unspecified atom stereocenters. The molecule has 0 aromatic heterocycles. The van der Waals surface area contributed by atoms with Crippen molar-refractivity contribution in [1.29, 1.82) is 5.26 Å². The van der Waals surface area contributed by atoms with Crippen LogP contribution in [0.4, 0.5) is 18.9 Å². The SMILES string of the molecule is C[C@H](OC(=O)c1cccc(C(F)(F)F)c1)C(=O)Nc1cccc(C#N)c1. The summed E-state index contributed by atoms with van der Waals surface area (Å²) in [5.41, 5.74) is -0.643. The Bertz CT molecular complexity index is 872. The molecular weight excluding hydrogens is 349 g/mol. The first kappa shape index (κ1) is 19.0. The van der Waals surface area contributed by atoms with E-state index in [0.717, 1.165) is 12.1 Å². The Balaban J connectivity index is 2.04. The Morgan fingerprint density at radius 3 is 2.50 bits per heavy atom. The van der Waals surface area contributed by atoms with E-state index < -0.39 is 29.7 Å². The summed E-state index contributed by atoms with van der Waals surface area (Å²) in [6.07, 6.45) is -5.84. The van der Waals surface area contributed by atoms with Gasteiger partial charge >= 0.3 is 12.1 Å². The summed E-state index contributed by atoms with van der Waals surface area (Å²) in [6, 6.07) is 11.7. The van der Waals surface area contributed by atoms with E-state index in [4.69, 9.17) is 10.00 Å².